The smallest absolute Gasteiger partial charge is 0.281 e. The number of aliphatic hydroxyl groups excluding tert-OH is 1. The van der Waals surface area contributed by atoms with Crippen molar-refractivity contribution < 1.29 is 23.4 Å². The van der Waals surface area contributed by atoms with Crippen LogP contribution in [0.5, 0.6) is 5.75 Å². The fourth-order valence-electron chi connectivity index (χ4n) is 6.57. The predicted molar refractivity (Wildman–Crippen MR) is 161 cm³/mol. The highest BCUT2D eigenvalue weighted by Crippen LogP contribution is 2.45. The Balaban J connectivity index is 1.84. The second-order valence-electron chi connectivity index (χ2n) is 11.7. The summed E-state index contributed by atoms with van der Waals surface area (Å²) in [7, 11) is 0. The Hall–Kier alpha value is -4.09. The average molecular weight is 594 g/mol. The highest BCUT2D eigenvalue weighted by atomic mass is 19.1. The number of phenols is 1. The molecule has 2 aliphatic rings. The molecular formula is C32H34F3N5O3. The van der Waals surface area contributed by atoms with Gasteiger partial charge in [0.1, 0.15) is 23.1 Å². The molecule has 1 fully saturated rings. The van der Waals surface area contributed by atoms with Gasteiger partial charge in [-0.1, -0.05) is 19.9 Å². The van der Waals surface area contributed by atoms with Crippen molar-refractivity contribution in [2.75, 3.05) is 42.6 Å². The van der Waals surface area contributed by atoms with Gasteiger partial charge in [-0.05, 0) is 49.6 Å². The molecule has 0 aliphatic carbocycles. The maximum atomic E-state index is 17.1. The Kier molecular flexibility index (Phi) is 7.34. The van der Waals surface area contributed by atoms with Gasteiger partial charge in [0.05, 0.1) is 46.4 Å². The summed E-state index contributed by atoms with van der Waals surface area (Å²) in [6, 6.07) is 6.14. The van der Waals surface area contributed by atoms with Crippen LogP contribution < -0.4 is 20.7 Å². The fraction of sp³-hybridized carbons (Fsp3) is 0.375. The molecule has 0 bridgehead atoms. The van der Waals surface area contributed by atoms with Crippen molar-refractivity contribution in [3.8, 4) is 22.6 Å². The number of nitrogens with one attached hydrogen (secondary N) is 1. The predicted octanol–water partition coefficient (Wildman–Crippen LogP) is 4.59. The lowest BCUT2D eigenvalue weighted by molar-refractivity contribution is 0.297. The molecule has 1 saturated heterocycles. The third-order valence-corrected chi connectivity index (χ3v) is 8.49. The zero-order chi connectivity index (χ0) is 30.7. The zero-order valence-corrected chi connectivity index (χ0v) is 24.5. The number of aliphatic hydroxyl groups is 1. The number of aromatic hydroxyl groups is 1. The normalized spacial score (nSPS) is 18.3. The molecular weight excluding hydrogens is 559 g/mol. The van der Waals surface area contributed by atoms with Crippen molar-refractivity contribution in [1.29, 1.82) is 0 Å². The summed E-state index contributed by atoms with van der Waals surface area (Å²) in [5, 5.41) is 24.1. The molecule has 3 N–H and O–H groups in total. The summed E-state index contributed by atoms with van der Waals surface area (Å²) in [6.45, 7) is 8.96. The second-order valence-corrected chi connectivity index (χ2v) is 11.7. The number of aryl methyl sites for hydroxylation is 1. The lowest BCUT2D eigenvalue weighted by Crippen LogP contribution is -2.62. The minimum atomic E-state index is -1.17. The summed E-state index contributed by atoms with van der Waals surface area (Å²) in [4.78, 5) is 23.1. The zero-order valence-electron chi connectivity index (χ0n) is 24.5. The number of β-amino-alcohol motifs (C(OH)–C–C–N with tert-alkyl or cyclic N) is 1. The molecule has 0 radical (unpaired) electrons. The van der Waals surface area contributed by atoms with Gasteiger partial charge in [-0.15, -0.1) is 0 Å². The maximum Gasteiger partial charge on any atom is 0.281 e. The van der Waals surface area contributed by atoms with E-state index in [4.69, 9.17) is 0 Å². The number of hydrogen-bond donors (Lipinski definition) is 3. The summed E-state index contributed by atoms with van der Waals surface area (Å²) in [5.41, 5.74) is -0.0848. The number of piperazine rings is 1. The average Bonchev–Trinajstić information content (AvgIpc) is 2.95. The van der Waals surface area contributed by atoms with Crippen LogP contribution in [-0.2, 0) is 0 Å². The number of phenolic OH excluding ortho intramolecular Hbond substituents is 1. The number of fused-ring (bicyclic) bond motifs is 5. The van der Waals surface area contributed by atoms with Gasteiger partial charge >= 0.3 is 0 Å². The van der Waals surface area contributed by atoms with E-state index >= 15 is 13.2 Å². The Morgan fingerprint density at radius 1 is 1.07 bits per heavy atom. The van der Waals surface area contributed by atoms with Crippen LogP contribution in [0.4, 0.5) is 24.5 Å². The number of benzene rings is 2. The molecule has 0 unspecified atom stereocenters. The number of pyridine rings is 2. The molecule has 226 valence electrons. The molecule has 11 heteroatoms. The minimum absolute atomic E-state index is 0.0309. The summed E-state index contributed by atoms with van der Waals surface area (Å²) < 4.78 is 49.6. The first-order valence-corrected chi connectivity index (χ1v) is 14.4. The molecule has 0 saturated carbocycles. The first-order chi connectivity index (χ1) is 20.5. The van der Waals surface area contributed by atoms with Gasteiger partial charge in [0.15, 0.2) is 5.82 Å². The highest BCUT2D eigenvalue weighted by Gasteiger charge is 2.40. The largest absolute Gasteiger partial charge is 0.507 e. The van der Waals surface area contributed by atoms with Crippen LogP contribution in [0, 0.1) is 24.4 Å². The molecule has 2 atom stereocenters. The number of nitrogens with zero attached hydrogens (tertiary/aromatic N) is 4. The van der Waals surface area contributed by atoms with E-state index in [1.165, 1.54) is 10.6 Å². The molecule has 2 aromatic carbocycles. The first kappa shape index (κ1) is 29.0. The molecule has 6 rings (SSSR count). The van der Waals surface area contributed by atoms with Crippen LogP contribution in [0.3, 0.4) is 0 Å². The van der Waals surface area contributed by atoms with E-state index in [0.717, 1.165) is 18.2 Å². The topological polar surface area (TPSA) is 93.9 Å². The van der Waals surface area contributed by atoms with Crippen LogP contribution >= 0.6 is 0 Å². The van der Waals surface area contributed by atoms with Gasteiger partial charge in [0.2, 0.25) is 0 Å². The van der Waals surface area contributed by atoms with Crippen molar-refractivity contribution in [2.45, 2.75) is 45.7 Å². The molecule has 43 heavy (non-hydrogen) atoms. The number of rotatable bonds is 5. The first-order valence-electron chi connectivity index (χ1n) is 14.4. The highest BCUT2D eigenvalue weighted by molar-refractivity contribution is 6.03. The second kappa shape index (κ2) is 10.9. The number of anilines is 2. The van der Waals surface area contributed by atoms with E-state index < -0.39 is 39.9 Å². The fourth-order valence-corrected chi connectivity index (χ4v) is 6.57. The number of hydrogen-bond acceptors (Lipinski definition) is 7. The van der Waals surface area contributed by atoms with Gasteiger partial charge in [0, 0.05) is 43.8 Å². The van der Waals surface area contributed by atoms with E-state index in [2.05, 4.69) is 10.3 Å². The summed E-state index contributed by atoms with van der Waals surface area (Å²) >= 11 is 0. The Labute approximate surface area is 247 Å². The SMILES string of the molecule is Cc1ccnc(C(C)C)c1-n1c(=O)c2c(c3cc(F)c(-c4c(O)cccc4F)c(F)c31)N1C[C@@H](C)NC[C@@H]1CN2CCO. The van der Waals surface area contributed by atoms with E-state index in [9.17, 15) is 15.0 Å². The maximum absolute atomic E-state index is 17.1. The van der Waals surface area contributed by atoms with Crippen molar-refractivity contribution in [2.24, 2.45) is 0 Å². The molecule has 4 aromatic rings. The quantitative estimate of drug-likeness (QED) is 0.312. The van der Waals surface area contributed by atoms with Gasteiger partial charge in [0.25, 0.3) is 5.56 Å². The molecule has 2 aromatic heterocycles. The Morgan fingerprint density at radius 3 is 2.53 bits per heavy atom. The molecule has 8 nitrogen and oxygen atoms in total. The van der Waals surface area contributed by atoms with Gasteiger partial charge in [-0.2, -0.15) is 0 Å². The van der Waals surface area contributed by atoms with Crippen molar-refractivity contribution in [1.82, 2.24) is 14.9 Å². The van der Waals surface area contributed by atoms with Gasteiger partial charge < -0.3 is 25.3 Å². The summed E-state index contributed by atoms with van der Waals surface area (Å²) in [5.74, 6) is -4.06. The van der Waals surface area contributed by atoms with E-state index in [0.29, 0.717) is 42.3 Å². The van der Waals surface area contributed by atoms with E-state index in [-0.39, 0.29) is 47.7 Å². The Morgan fingerprint density at radius 2 is 1.84 bits per heavy atom. The van der Waals surface area contributed by atoms with Crippen LogP contribution in [0.2, 0.25) is 0 Å². The number of halogens is 3. The molecule has 2 aliphatic heterocycles. The van der Waals surface area contributed by atoms with Crippen molar-refractivity contribution in [3.05, 3.63) is 75.6 Å². The van der Waals surface area contributed by atoms with Crippen molar-refractivity contribution >= 4 is 22.3 Å². The standard InChI is InChI=1S/C32H34F3N5O3/c1-16(2)27-28(17(3)8-9-36-27)40-29-20(12-22(34)25(26(29)35)24-21(33)6-5-7-23(24)42)30-31(32(40)43)38(10-11-41)15-19-13-37-18(4)14-39(19)30/h5-9,12,16,18-19,37,41-42H,10-11,13-15H2,1-4H3/t18-,19-/m1/s1. The monoisotopic (exact) mass is 593 g/mol. The lowest BCUT2D eigenvalue weighted by Gasteiger charge is -2.49. The van der Waals surface area contributed by atoms with Crippen LogP contribution in [0.25, 0.3) is 27.7 Å². The lowest BCUT2D eigenvalue weighted by atomic mass is 9.95. The van der Waals surface area contributed by atoms with E-state index in [1.54, 1.807) is 24.1 Å². The van der Waals surface area contributed by atoms with Crippen molar-refractivity contribution in [3.63, 3.8) is 0 Å². The third-order valence-electron chi connectivity index (χ3n) is 8.49. The van der Waals surface area contributed by atoms with E-state index in [1.807, 2.05) is 25.7 Å². The third kappa shape index (κ3) is 4.53. The minimum Gasteiger partial charge on any atom is -0.507 e. The van der Waals surface area contributed by atoms with Crippen LogP contribution in [0.15, 0.2) is 41.3 Å². The summed E-state index contributed by atoms with van der Waals surface area (Å²) in [6.07, 6.45) is 1.61. The number of aromatic nitrogens is 2. The molecule has 0 spiro atoms. The van der Waals surface area contributed by atoms with Crippen LogP contribution in [-0.4, -0.2) is 64.6 Å². The Bertz CT molecular complexity index is 1790. The van der Waals surface area contributed by atoms with Gasteiger partial charge in [-0.25, -0.2) is 13.2 Å². The van der Waals surface area contributed by atoms with Gasteiger partial charge in [-0.3, -0.25) is 14.3 Å². The molecule has 4 heterocycles. The van der Waals surface area contributed by atoms with Crippen LogP contribution in [0.1, 0.15) is 37.9 Å². The molecule has 0 amide bonds.